The van der Waals surface area contributed by atoms with Crippen LogP contribution in [-0.4, -0.2) is 14.3 Å². The number of alkyl halides is 3. The van der Waals surface area contributed by atoms with Gasteiger partial charge in [0.1, 0.15) is 6.54 Å². The second-order valence-electron chi connectivity index (χ2n) is 7.19. The molecule has 6 nitrogen and oxygen atoms in total. The van der Waals surface area contributed by atoms with Crippen molar-refractivity contribution in [1.82, 2.24) is 0 Å². The molecule has 0 aliphatic carbocycles. The van der Waals surface area contributed by atoms with Crippen LogP contribution in [0.4, 0.5) is 18.9 Å². The maximum atomic E-state index is 13.4. The van der Waals surface area contributed by atoms with Crippen LogP contribution >= 0.6 is 11.6 Å². The summed E-state index contributed by atoms with van der Waals surface area (Å²) in [7, 11) is -3.84. The number of sulfonamides is 1. The van der Waals surface area contributed by atoms with Crippen molar-refractivity contribution in [1.29, 1.82) is 0 Å². The second-order valence-corrected chi connectivity index (χ2v) is 9.19. The standard InChI is InChI=1S/C22H19ClF3N3O3S/c23-16-8-11-19(18(12-16)22(24,25)26)29-21(30)20(15-4-2-1-3-5-15)28-13-14-6-9-17(10-7-14)33(27,31)32/h1-12,20,28H,13H2,(H,29,30)(H2,27,31,32)/p+1/t20-/m1/s1. The van der Waals surface area contributed by atoms with Gasteiger partial charge in [-0.3, -0.25) is 4.79 Å². The molecule has 0 fully saturated rings. The van der Waals surface area contributed by atoms with E-state index >= 15 is 0 Å². The van der Waals surface area contributed by atoms with Crippen molar-refractivity contribution in [2.45, 2.75) is 23.7 Å². The Labute approximate surface area is 193 Å². The fourth-order valence-corrected chi connectivity index (χ4v) is 3.88. The van der Waals surface area contributed by atoms with Crippen LogP contribution in [0.5, 0.6) is 0 Å². The predicted octanol–water partition coefficient (Wildman–Crippen LogP) is 3.45. The Morgan fingerprint density at radius 2 is 1.67 bits per heavy atom. The first-order valence-corrected chi connectivity index (χ1v) is 11.6. The van der Waals surface area contributed by atoms with Crippen LogP contribution in [0.1, 0.15) is 22.7 Å². The molecule has 0 saturated heterocycles. The van der Waals surface area contributed by atoms with E-state index in [1.807, 2.05) is 0 Å². The molecule has 11 heteroatoms. The second kappa shape index (κ2) is 9.92. The van der Waals surface area contributed by atoms with Crippen molar-refractivity contribution in [2.75, 3.05) is 5.32 Å². The highest BCUT2D eigenvalue weighted by Crippen LogP contribution is 2.36. The Balaban J connectivity index is 1.84. The first-order valence-electron chi connectivity index (χ1n) is 9.63. The fourth-order valence-electron chi connectivity index (χ4n) is 3.19. The smallest absolute Gasteiger partial charge is 0.328 e. The Morgan fingerprint density at radius 1 is 1.03 bits per heavy atom. The number of carbonyl (C=O) groups is 1. The quantitative estimate of drug-likeness (QED) is 0.464. The van der Waals surface area contributed by atoms with Crippen LogP contribution in [0.3, 0.4) is 0 Å². The summed E-state index contributed by atoms with van der Waals surface area (Å²) in [6, 6.07) is 16.6. The van der Waals surface area contributed by atoms with E-state index in [9.17, 15) is 26.4 Å². The van der Waals surface area contributed by atoms with Crippen LogP contribution in [0, 0.1) is 0 Å². The number of carbonyl (C=O) groups excluding carboxylic acids is 1. The van der Waals surface area contributed by atoms with Crippen molar-refractivity contribution in [3.63, 3.8) is 0 Å². The van der Waals surface area contributed by atoms with Gasteiger partial charge in [-0.1, -0.05) is 54.1 Å². The monoisotopic (exact) mass is 498 g/mol. The van der Waals surface area contributed by atoms with Crippen LogP contribution in [-0.2, 0) is 27.5 Å². The van der Waals surface area contributed by atoms with Gasteiger partial charge >= 0.3 is 6.18 Å². The number of primary sulfonamides is 1. The third-order valence-corrected chi connectivity index (χ3v) is 5.99. The van der Waals surface area contributed by atoms with E-state index < -0.39 is 39.4 Å². The maximum absolute atomic E-state index is 13.4. The zero-order valence-corrected chi connectivity index (χ0v) is 18.6. The number of nitrogens with one attached hydrogen (secondary N) is 1. The van der Waals surface area contributed by atoms with Crippen LogP contribution < -0.4 is 15.8 Å². The van der Waals surface area contributed by atoms with E-state index in [1.54, 1.807) is 47.8 Å². The molecule has 5 N–H and O–H groups in total. The molecule has 33 heavy (non-hydrogen) atoms. The summed E-state index contributed by atoms with van der Waals surface area (Å²) in [5, 5.41) is 8.99. The van der Waals surface area contributed by atoms with Gasteiger partial charge in [0.15, 0.2) is 6.04 Å². The van der Waals surface area contributed by atoms with Gasteiger partial charge in [-0.05, 0) is 30.3 Å². The SMILES string of the molecule is NS(=O)(=O)c1ccc(C[NH2+][C@@H](C(=O)Nc2ccc(Cl)cc2C(F)(F)F)c2ccccc2)cc1. The van der Waals surface area contributed by atoms with E-state index in [-0.39, 0.29) is 16.5 Å². The number of anilines is 1. The number of amides is 1. The predicted molar refractivity (Wildman–Crippen MR) is 118 cm³/mol. The molecule has 3 aromatic carbocycles. The normalized spacial score (nSPS) is 12.9. The molecule has 0 radical (unpaired) electrons. The molecule has 0 saturated carbocycles. The highest BCUT2D eigenvalue weighted by atomic mass is 35.5. The number of hydrogen-bond donors (Lipinski definition) is 3. The lowest BCUT2D eigenvalue weighted by atomic mass is 10.0. The van der Waals surface area contributed by atoms with Gasteiger partial charge < -0.3 is 10.6 Å². The minimum absolute atomic E-state index is 0.0500. The third-order valence-electron chi connectivity index (χ3n) is 4.83. The molecule has 1 amide bonds. The maximum Gasteiger partial charge on any atom is 0.418 e. The highest BCUT2D eigenvalue weighted by molar-refractivity contribution is 7.89. The van der Waals surface area contributed by atoms with E-state index in [0.29, 0.717) is 11.1 Å². The zero-order chi connectivity index (χ0) is 24.2. The number of halogens is 4. The molecule has 0 spiro atoms. The first-order chi connectivity index (χ1) is 15.4. The Hall–Kier alpha value is -2.92. The molecule has 0 heterocycles. The van der Waals surface area contributed by atoms with Gasteiger partial charge in [0.2, 0.25) is 10.0 Å². The molecule has 3 rings (SSSR count). The highest BCUT2D eigenvalue weighted by Gasteiger charge is 2.35. The van der Waals surface area contributed by atoms with Gasteiger partial charge in [-0.15, -0.1) is 0 Å². The van der Waals surface area contributed by atoms with Crippen molar-refractivity contribution in [2.24, 2.45) is 5.14 Å². The van der Waals surface area contributed by atoms with E-state index in [0.717, 1.165) is 12.1 Å². The summed E-state index contributed by atoms with van der Waals surface area (Å²) in [6.45, 7) is 0.255. The van der Waals surface area contributed by atoms with Gasteiger partial charge in [-0.2, -0.15) is 13.2 Å². The number of nitrogens with two attached hydrogens (primary N) is 2. The molecule has 0 aromatic heterocycles. The number of hydrogen-bond acceptors (Lipinski definition) is 3. The number of quaternary nitrogens is 1. The lowest BCUT2D eigenvalue weighted by Crippen LogP contribution is -2.85. The average Bonchev–Trinajstić information content (AvgIpc) is 2.75. The van der Waals surface area contributed by atoms with Crippen molar-refractivity contribution < 1.29 is 31.7 Å². The van der Waals surface area contributed by atoms with Gasteiger partial charge in [0, 0.05) is 16.1 Å². The minimum Gasteiger partial charge on any atom is -0.328 e. The molecule has 0 aliphatic rings. The Kier molecular flexibility index (Phi) is 7.43. The number of rotatable bonds is 7. The average molecular weight is 499 g/mol. The summed E-state index contributed by atoms with van der Waals surface area (Å²) in [5.41, 5.74) is -0.172. The Bertz CT molecular complexity index is 1240. The molecule has 1 atom stereocenters. The zero-order valence-electron chi connectivity index (χ0n) is 17.0. The summed E-state index contributed by atoms with van der Waals surface area (Å²) in [5.74, 6) is -0.657. The van der Waals surface area contributed by atoms with Crippen LogP contribution in [0.2, 0.25) is 5.02 Å². The summed E-state index contributed by atoms with van der Waals surface area (Å²) >= 11 is 5.71. The Morgan fingerprint density at radius 3 is 2.24 bits per heavy atom. The minimum atomic E-state index is -4.70. The van der Waals surface area contributed by atoms with E-state index in [1.165, 1.54) is 18.2 Å². The summed E-state index contributed by atoms with van der Waals surface area (Å²) in [6.07, 6.45) is -4.70. The van der Waals surface area contributed by atoms with Gasteiger partial charge in [0.05, 0.1) is 16.1 Å². The lowest BCUT2D eigenvalue weighted by Gasteiger charge is -2.19. The molecule has 0 bridgehead atoms. The first kappa shape index (κ1) is 24.7. The van der Waals surface area contributed by atoms with Gasteiger partial charge in [0.25, 0.3) is 5.91 Å². The van der Waals surface area contributed by atoms with Crippen LogP contribution in [0.15, 0.2) is 77.7 Å². The molecule has 3 aromatic rings. The lowest BCUT2D eigenvalue weighted by molar-refractivity contribution is -0.697. The topological polar surface area (TPSA) is 106 Å². The molecule has 174 valence electrons. The van der Waals surface area contributed by atoms with Gasteiger partial charge in [-0.25, -0.2) is 13.6 Å². The molecular formula is C22H20ClF3N3O3S+. The van der Waals surface area contributed by atoms with Crippen molar-refractivity contribution >= 4 is 33.2 Å². The summed E-state index contributed by atoms with van der Waals surface area (Å²) in [4.78, 5) is 13.0. The van der Waals surface area contributed by atoms with Crippen molar-refractivity contribution in [3.8, 4) is 0 Å². The summed E-state index contributed by atoms with van der Waals surface area (Å²) < 4.78 is 63.1. The van der Waals surface area contributed by atoms with E-state index in [2.05, 4.69) is 5.32 Å². The molecular weight excluding hydrogens is 479 g/mol. The van der Waals surface area contributed by atoms with Crippen molar-refractivity contribution in [3.05, 3.63) is 94.5 Å². The van der Waals surface area contributed by atoms with E-state index in [4.69, 9.17) is 16.7 Å². The molecule has 0 aliphatic heterocycles. The molecule has 0 unspecified atom stereocenters. The largest absolute Gasteiger partial charge is 0.418 e. The van der Waals surface area contributed by atoms with Crippen LogP contribution in [0.25, 0.3) is 0 Å². The third kappa shape index (κ3) is 6.55. The number of benzene rings is 3. The fraction of sp³-hybridized carbons (Fsp3) is 0.136.